The number of carbonyl (C=O) groups excluding carboxylic acids is 2. The van der Waals surface area contributed by atoms with Crippen molar-refractivity contribution < 1.29 is 14.7 Å². The van der Waals surface area contributed by atoms with Crippen LogP contribution in [0.4, 0.5) is 11.5 Å². The van der Waals surface area contributed by atoms with Crippen LogP contribution in [0, 0.1) is 5.41 Å². The summed E-state index contributed by atoms with van der Waals surface area (Å²) in [6, 6.07) is 4.91. The third kappa shape index (κ3) is 3.71. The average Bonchev–Trinajstić information content (AvgIpc) is 3.06. The number of hydrogen-bond acceptors (Lipinski definition) is 5. The third-order valence-electron chi connectivity index (χ3n) is 4.71. The van der Waals surface area contributed by atoms with Crippen LogP contribution in [0.3, 0.4) is 0 Å². The second-order valence-corrected chi connectivity index (χ2v) is 8.05. The topological polar surface area (TPSA) is 100 Å². The Labute approximate surface area is 158 Å². The number of amides is 2. The van der Waals surface area contributed by atoms with Crippen molar-refractivity contribution in [2.24, 2.45) is 12.5 Å². The largest absolute Gasteiger partial charge is 0.384 e. The number of rotatable bonds is 4. The van der Waals surface area contributed by atoms with Crippen molar-refractivity contribution in [1.82, 2.24) is 14.8 Å². The molecule has 1 fully saturated rings. The van der Waals surface area contributed by atoms with Gasteiger partial charge in [0, 0.05) is 19.0 Å². The molecule has 3 heterocycles. The third-order valence-corrected chi connectivity index (χ3v) is 4.71. The Morgan fingerprint density at radius 2 is 2.04 bits per heavy atom. The minimum atomic E-state index is -1.15. The highest BCUT2D eigenvalue weighted by Crippen LogP contribution is 2.36. The number of pyridine rings is 1. The lowest BCUT2D eigenvalue weighted by atomic mass is 9.92. The summed E-state index contributed by atoms with van der Waals surface area (Å²) in [5.41, 5.74) is -0.565. The molecule has 27 heavy (non-hydrogen) atoms. The molecule has 8 heteroatoms. The van der Waals surface area contributed by atoms with E-state index in [9.17, 15) is 14.7 Å². The molecule has 3 rings (SSSR count). The molecule has 2 N–H and O–H groups in total. The summed E-state index contributed by atoms with van der Waals surface area (Å²) < 4.78 is 1.56. The van der Waals surface area contributed by atoms with Crippen LogP contribution in [0.2, 0.25) is 0 Å². The van der Waals surface area contributed by atoms with Gasteiger partial charge in [0.1, 0.15) is 17.0 Å². The highest BCUT2D eigenvalue weighted by atomic mass is 16.3. The molecule has 0 spiro atoms. The molecule has 0 unspecified atom stereocenters. The van der Waals surface area contributed by atoms with E-state index < -0.39 is 16.9 Å². The summed E-state index contributed by atoms with van der Waals surface area (Å²) >= 11 is 0. The van der Waals surface area contributed by atoms with Gasteiger partial charge >= 0.3 is 0 Å². The fourth-order valence-corrected chi connectivity index (χ4v) is 3.02. The first-order valence-corrected chi connectivity index (χ1v) is 8.86. The van der Waals surface area contributed by atoms with Crippen molar-refractivity contribution in [3.8, 4) is 0 Å². The second-order valence-electron chi connectivity index (χ2n) is 8.05. The molecule has 0 bridgehead atoms. The van der Waals surface area contributed by atoms with E-state index in [-0.39, 0.29) is 11.6 Å². The van der Waals surface area contributed by atoms with E-state index in [0.717, 1.165) is 6.42 Å². The molecule has 2 amide bonds. The standard InChI is InChI=1S/C19H25N5O3/c1-18(2)9-10-24(17(18)26)15-13(11-23(5)22-15)21-16(25)12-7-6-8-14(20-12)19(3,4)27/h6-8,11,27H,9-10H2,1-5H3,(H,21,25). The molecule has 0 radical (unpaired) electrons. The van der Waals surface area contributed by atoms with Crippen LogP contribution in [-0.4, -0.2) is 38.2 Å². The van der Waals surface area contributed by atoms with Gasteiger partial charge < -0.3 is 10.4 Å². The number of nitrogens with one attached hydrogen (secondary N) is 1. The van der Waals surface area contributed by atoms with Gasteiger partial charge in [-0.25, -0.2) is 4.98 Å². The monoisotopic (exact) mass is 371 g/mol. The second kappa shape index (κ2) is 6.45. The predicted molar refractivity (Wildman–Crippen MR) is 101 cm³/mol. The molecule has 0 aliphatic carbocycles. The summed E-state index contributed by atoms with van der Waals surface area (Å²) in [5.74, 6) is -0.0137. The average molecular weight is 371 g/mol. The number of aryl methyl sites for hydroxylation is 1. The zero-order chi connectivity index (χ0) is 20.0. The Bertz CT molecular complexity index is 895. The summed E-state index contributed by atoms with van der Waals surface area (Å²) in [7, 11) is 1.73. The lowest BCUT2D eigenvalue weighted by molar-refractivity contribution is -0.124. The molecule has 0 saturated carbocycles. The molecule has 1 saturated heterocycles. The van der Waals surface area contributed by atoms with Crippen LogP contribution in [0.15, 0.2) is 24.4 Å². The Hall–Kier alpha value is -2.74. The molecular formula is C19H25N5O3. The van der Waals surface area contributed by atoms with Crippen LogP contribution >= 0.6 is 0 Å². The molecule has 0 aromatic carbocycles. The highest BCUT2D eigenvalue weighted by molar-refractivity contribution is 6.07. The zero-order valence-electron chi connectivity index (χ0n) is 16.3. The normalized spacial score (nSPS) is 16.7. The van der Waals surface area contributed by atoms with Crippen molar-refractivity contribution in [2.45, 2.75) is 39.7 Å². The smallest absolute Gasteiger partial charge is 0.274 e. The van der Waals surface area contributed by atoms with E-state index in [0.29, 0.717) is 23.7 Å². The van der Waals surface area contributed by atoms with Crippen molar-refractivity contribution in [3.63, 3.8) is 0 Å². The molecular weight excluding hydrogens is 346 g/mol. The number of nitrogens with zero attached hydrogens (tertiary/aromatic N) is 4. The van der Waals surface area contributed by atoms with E-state index in [1.54, 1.807) is 54.9 Å². The van der Waals surface area contributed by atoms with Crippen LogP contribution in [-0.2, 0) is 17.4 Å². The Morgan fingerprint density at radius 3 is 2.63 bits per heavy atom. The van der Waals surface area contributed by atoms with Gasteiger partial charge in [-0.2, -0.15) is 5.10 Å². The van der Waals surface area contributed by atoms with Crippen molar-refractivity contribution in [2.75, 3.05) is 16.8 Å². The van der Waals surface area contributed by atoms with Crippen molar-refractivity contribution >= 4 is 23.3 Å². The van der Waals surface area contributed by atoms with Gasteiger partial charge in [-0.05, 0) is 32.4 Å². The minimum Gasteiger partial charge on any atom is -0.384 e. The van der Waals surface area contributed by atoms with E-state index in [1.807, 2.05) is 13.8 Å². The van der Waals surface area contributed by atoms with E-state index in [4.69, 9.17) is 0 Å². The molecule has 144 valence electrons. The summed E-state index contributed by atoms with van der Waals surface area (Å²) in [5, 5.41) is 17.3. The molecule has 1 aliphatic rings. The molecule has 2 aromatic heterocycles. The van der Waals surface area contributed by atoms with Gasteiger partial charge in [0.15, 0.2) is 5.82 Å². The van der Waals surface area contributed by atoms with Gasteiger partial charge in [0.05, 0.1) is 11.9 Å². The first kappa shape index (κ1) is 19.0. The zero-order valence-corrected chi connectivity index (χ0v) is 16.3. The van der Waals surface area contributed by atoms with Gasteiger partial charge in [0.25, 0.3) is 5.91 Å². The maximum Gasteiger partial charge on any atom is 0.274 e. The molecule has 1 aliphatic heterocycles. The number of aliphatic hydroxyl groups is 1. The maximum atomic E-state index is 12.7. The minimum absolute atomic E-state index is 0.0150. The fourth-order valence-electron chi connectivity index (χ4n) is 3.02. The van der Waals surface area contributed by atoms with Gasteiger partial charge in [-0.3, -0.25) is 19.2 Å². The van der Waals surface area contributed by atoms with E-state index >= 15 is 0 Å². The summed E-state index contributed by atoms with van der Waals surface area (Å²) in [6.07, 6.45) is 2.39. The highest BCUT2D eigenvalue weighted by Gasteiger charge is 2.41. The lowest BCUT2D eigenvalue weighted by Gasteiger charge is -2.19. The Morgan fingerprint density at radius 1 is 1.33 bits per heavy atom. The summed E-state index contributed by atoms with van der Waals surface area (Å²) in [6.45, 7) is 7.58. The Kier molecular flexibility index (Phi) is 4.55. The number of anilines is 2. The first-order valence-electron chi connectivity index (χ1n) is 8.86. The predicted octanol–water partition coefficient (Wildman–Crippen LogP) is 2.06. The van der Waals surface area contributed by atoms with Crippen molar-refractivity contribution in [1.29, 1.82) is 0 Å². The number of hydrogen-bond donors (Lipinski definition) is 2. The maximum absolute atomic E-state index is 12.7. The SMILES string of the molecule is Cn1cc(NC(=O)c2cccc(C(C)(C)O)n2)c(N2CCC(C)(C)C2=O)n1. The van der Waals surface area contributed by atoms with Crippen LogP contribution in [0.25, 0.3) is 0 Å². The number of carbonyl (C=O) groups is 2. The van der Waals surface area contributed by atoms with Gasteiger partial charge in [0.2, 0.25) is 5.91 Å². The summed E-state index contributed by atoms with van der Waals surface area (Å²) in [4.78, 5) is 31.2. The van der Waals surface area contributed by atoms with Crippen LogP contribution in [0.1, 0.15) is 50.3 Å². The Balaban J connectivity index is 1.87. The van der Waals surface area contributed by atoms with Crippen LogP contribution in [0.5, 0.6) is 0 Å². The molecule has 8 nitrogen and oxygen atoms in total. The van der Waals surface area contributed by atoms with Crippen molar-refractivity contribution in [3.05, 3.63) is 35.8 Å². The fraction of sp³-hybridized carbons (Fsp3) is 0.474. The van der Waals surface area contributed by atoms with Gasteiger partial charge in [-0.1, -0.05) is 19.9 Å². The first-order chi connectivity index (χ1) is 12.5. The lowest BCUT2D eigenvalue weighted by Crippen LogP contribution is -2.32. The van der Waals surface area contributed by atoms with Gasteiger partial charge in [-0.15, -0.1) is 0 Å². The molecule has 2 aromatic rings. The molecule has 0 atom stereocenters. The quantitative estimate of drug-likeness (QED) is 0.857. The van der Waals surface area contributed by atoms with E-state index in [2.05, 4.69) is 15.4 Å². The number of aromatic nitrogens is 3. The van der Waals surface area contributed by atoms with E-state index in [1.165, 1.54) is 0 Å². The van der Waals surface area contributed by atoms with Crippen LogP contribution < -0.4 is 10.2 Å².